The van der Waals surface area contributed by atoms with Gasteiger partial charge in [0, 0.05) is 27.3 Å². The lowest BCUT2D eigenvalue weighted by Crippen LogP contribution is -2.60. The number of nitrogens with one attached hydrogen (secondary N) is 1. The number of carbonyl (C=O) groups is 4. The minimum atomic E-state index is -2.76. The van der Waals surface area contributed by atoms with Crippen molar-refractivity contribution in [3.8, 4) is 5.75 Å². The van der Waals surface area contributed by atoms with E-state index in [4.69, 9.17) is 23.2 Å². The summed E-state index contributed by atoms with van der Waals surface area (Å²) < 4.78 is 73.9. The fraction of sp³-hybridized carbons (Fsp3) is 0.211. The van der Waals surface area contributed by atoms with Crippen molar-refractivity contribution in [1.82, 2.24) is 0 Å². The van der Waals surface area contributed by atoms with Gasteiger partial charge in [0.05, 0.1) is 17.5 Å². The average Bonchev–Trinajstić information content (AvgIpc) is 3.49. The smallest absolute Gasteiger partial charge is 0.258 e. The molecule has 4 amide bonds. The Hall–Kier alpha value is -4.79. The van der Waals surface area contributed by atoms with Crippen LogP contribution in [0.5, 0.6) is 5.75 Å². The van der Waals surface area contributed by atoms with E-state index >= 15 is 8.78 Å². The molecule has 276 valence electrons. The van der Waals surface area contributed by atoms with Crippen molar-refractivity contribution in [1.29, 1.82) is 0 Å². The largest absolute Gasteiger partial charge is 0.508 e. The standard InChI is InChI=1S/C38H23BrCl2F5N3O5/c39-16-6-13-24(50)22(14-16)26-20-11-12-21-25(34(52)48(33(21)51)19-9-7-18(8-10-19)47-17-4-2-1-3-5-17)23(20)15-37(40)35(53)49(36(54)38(26,37)41)32-30(45)28(43)27(42)29(44)31(32)46/h1-11,13-14,21,23,25-26,47,50H,12,15H2/t21-,23+,25-,26+,37+,38-/m0/s1. The van der Waals surface area contributed by atoms with Gasteiger partial charge < -0.3 is 10.4 Å². The van der Waals surface area contributed by atoms with E-state index in [1.54, 1.807) is 30.3 Å². The highest BCUT2D eigenvalue weighted by Crippen LogP contribution is 2.67. The van der Waals surface area contributed by atoms with Gasteiger partial charge in [-0.25, -0.2) is 26.9 Å². The predicted molar refractivity (Wildman–Crippen MR) is 191 cm³/mol. The van der Waals surface area contributed by atoms with E-state index in [9.17, 15) is 37.5 Å². The van der Waals surface area contributed by atoms with Crippen LogP contribution < -0.4 is 15.1 Å². The molecule has 0 aromatic heterocycles. The second-order valence-electron chi connectivity index (χ2n) is 13.4. The van der Waals surface area contributed by atoms with Gasteiger partial charge in [-0.3, -0.25) is 24.1 Å². The van der Waals surface area contributed by atoms with Gasteiger partial charge in [0.2, 0.25) is 17.6 Å². The monoisotopic (exact) mass is 845 g/mol. The summed E-state index contributed by atoms with van der Waals surface area (Å²) in [6.45, 7) is 0. The molecule has 2 saturated heterocycles. The maximum absolute atomic E-state index is 15.3. The van der Waals surface area contributed by atoms with Gasteiger partial charge in [-0.05, 0) is 73.4 Å². The van der Waals surface area contributed by atoms with Gasteiger partial charge in [-0.1, -0.05) is 45.8 Å². The van der Waals surface area contributed by atoms with E-state index in [1.807, 2.05) is 30.3 Å². The van der Waals surface area contributed by atoms with E-state index in [0.29, 0.717) is 10.2 Å². The highest BCUT2D eigenvalue weighted by molar-refractivity contribution is 9.10. The molecule has 16 heteroatoms. The molecule has 2 aliphatic carbocycles. The number of carbonyl (C=O) groups excluding carboxylic acids is 4. The number of hydrogen-bond donors (Lipinski definition) is 2. The number of fused-ring (bicyclic) bond motifs is 4. The average molecular weight is 847 g/mol. The highest BCUT2D eigenvalue weighted by atomic mass is 79.9. The summed E-state index contributed by atoms with van der Waals surface area (Å²) in [5.74, 6) is -22.2. The number of amides is 4. The van der Waals surface area contributed by atoms with Crippen molar-refractivity contribution in [2.45, 2.75) is 28.5 Å². The number of imide groups is 2. The number of nitrogens with zero attached hydrogens (tertiary/aromatic N) is 2. The highest BCUT2D eigenvalue weighted by Gasteiger charge is 2.77. The van der Waals surface area contributed by atoms with Crippen molar-refractivity contribution in [2.75, 3.05) is 15.1 Å². The third kappa shape index (κ3) is 4.92. The molecule has 0 unspecified atom stereocenters. The van der Waals surface area contributed by atoms with Gasteiger partial charge in [-0.15, -0.1) is 23.2 Å². The number of phenols is 1. The lowest BCUT2D eigenvalue weighted by molar-refractivity contribution is -0.125. The summed E-state index contributed by atoms with van der Waals surface area (Å²) in [4.78, 5) is 52.4. The van der Waals surface area contributed by atoms with Crippen LogP contribution in [0.1, 0.15) is 24.3 Å². The first kappa shape index (κ1) is 36.2. The number of halogens is 8. The van der Waals surface area contributed by atoms with E-state index in [0.717, 1.165) is 10.6 Å². The molecule has 6 atom stereocenters. The van der Waals surface area contributed by atoms with Crippen LogP contribution in [0, 0.1) is 46.8 Å². The van der Waals surface area contributed by atoms with E-state index in [2.05, 4.69) is 21.2 Å². The second kappa shape index (κ2) is 12.6. The number of aromatic hydroxyl groups is 1. The van der Waals surface area contributed by atoms with Crippen LogP contribution in [-0.4, -0.2) is 38.5 Å². The molecule has 1 saturated carbocycles. The number of para-hydroxylation sites is 1. The Labute approximate surface area is 321 Å². The van der Waals surface area contributed by atoms with Crippen LogP contribution >= 0.6 is 39.1 Å². The molecule has 2 N–H and O–H groups in total. The van der Waals surface area contributed by atoms with Crippen molar-refractivity contribution >= 4 is 85.5 Å². The minimum absolute atomic E-state index is 0.0533. The minimum Gasteiger partial charge on any atom is -0.508 e. The fourth-order valence-corrected chi connectivity index (χ4v) is 9.61. The number of alkyl halides is 2. The molecular weight excluding hydrogens is 824 g/mol. The van der Waals surface area contributed by atoms with Crippen LogP contribution in [-0.2, 0) is 19.2 Å². The fourth-order valence-electron chi connectivity index (χ4n) is 8.31. The quantitative estimate of drug-likeness (QED) is 0.0523. The van der Waals surface area contributed by atoms with Crippen LogP contribution in [0.4, 0.5) is 44.7 Å². The first-order valence-corrected chi connectivity index (χ1v) is 17.9. The maximum atomic E-state index is 15.3. The topological polar surface area (TPSA) is 107 Å². The molecule has 0 spiro atoms. The van der Waals surface area contributed by atoms with Crippen molar-refractivity contribution in [2.24, 2.45) is 17.8 Å². The number of phenolic OH excluding ortho intramolecular Hbond substituents is 1. The number of allylic oxidation sites excluding steroid dienone is 2. The Kier molecular flexibility index (Phi) is 8.47. The summed E-state index contributed by atoms with van der Waals surface area (Å²) in [5, 5.41) is 14.4. The summed E-state index contributed by atoms with van der Waals surface area (Å²) in [5.41, 5.74) is -0.0637. The van der Waals surface area contributed by atoms with Gasteiger partial charge in [0.25, 0.3) is 11.8 Å². The maximum Gasteiger partial charge on any atom is 0.258 e. The Morgan fingerprint density at radius 3 is 2.00 bits per heavy atom. The van der Waals surface area contributed by atoms with Gasteiger partial charge in [-0.2, -0.15) is 0 Å². The number of anilines is 4. The summed E-state index contributed by atoms with van der Waals surface area (Å²) in [6, 6.07) is 19.8. The van der Waals surface area contributed by atoms with Crippen LogP contribution in [0.2, 0.25) is 0 Å². The van der Waals surface area contributed by atoms with E-state index < -0.39 is 104 Å². The lowest BCUT2D eigenvalue weighted by Gasteiger charge is -2.50. The Balaban J connectivity index is 1.24. The first-order chi connectivity index (χ1) is 25.6. The van der Waals surface area contributed by atoms with Crippen molar-refractivity contribution < 1.29 is 46.2 Å². The first-order valence-electron chi connectivity index (χ1n) is 16.4. The molecule has 4 aromatic rings. The van der Waals surface area contributed by atoms with Crippen LogP contribution in [0.15, 0.2) is 88.9 Å². The normalized spacial score (nSPS) is 27.5. The number of benzene rings is 4. The summed E-state index contributed by atoms with van der Waals surface area (Å²) in [7, 11) is 0. The van der Waals surface area contributed by atoms with Crippen molar-refractivity contribution in [3.63, 3.8) is 0 Å². The molecule has 3 fully saturated rings. The molecule has 8 rings (SSSR count). The molecule has 8 nitrogen and oxygen atoms in total. The Bertz CT molecular complexity index is 2340. The zero-order chi connectivity index (χ0) is 38.6. The Morgan fingerprint density at radius 1 is 0.741 bits per heavy atom. The molecular formula is C38H23BrCl2F5N3O5. The van der Waals surface area contributed by atoms with Gasteiger partial charge >= 0.3 is 0 Å². The zero-order valence-electron chi connectivity index (χ0n) is 27.2. The lowest BCUT2D eigenvalue weighted by atomic mass is 9.56. The van der Waals surface area contributed by atoms with Gasteiger partial charge in [0.15, 0.2) is 33.0 Å². The zero-order valence-corrected chi connectivity index (χ0v) is 30.3. The van der Waals surface area contributed by atoms with Gasteiger partial charge in [0.1, 0.15) is 11.4 Å². The molecule has 0 radical (unpaired) electrons. The van der Waals surface area contributed by atoms with Crippen LogP contribution in [0.3, 0.4) is 0 Å². The van der Waals surface area contributed by atoms with Crippen molar-refractivity contribution in [3.05, 3.63) is 124 Å². The summed E-state index contributed by atoms with van der Waals surface area (Å²) in [6.07, 6.45) is 0.833. The molecule has 4 aliphatic rings. The molecule has 0 bridgehead atoms. The molecule has 2 heterocycles. The van der Waals surface area contributed by atoms with E-state index in [-0.39, 0.29) is 28.1 Å². The Morgan fingerprint density at radius 2 is 1.35 bits per heavy atom. The SMILES string of the molecule is O=C1[C@H]2[C@H](CC=C3[C@H]2C[C@@]2(Cl)C(=O)N(c4c(F)c(F)c(F)c(F)c4F)C(=O)[C@@]2(Cl)[C@H]3c2cc(Br)ccc2O)C(=O)N1c1ccc(Nc2ccccc2)cc1. The van der Waals surface area contributed by atoms with E-state index in [1.165, 1.54) is 18.2 Å². The molecule has 2 aliphatic heterocycles. The van der Waals surface area contributed by atoms with Crippen LogP contribution in [0.25, 0.3) is 0 Å². The number of hydrogen-bond acceptors (Lipinski definition) is 6. The third-order valence-corrected chi connectivity index (χ3v) is 12.6. The molecule has 4 aromatic carbocycles. The third-order valence-electron chi connectivity index (χ3n) is 10.7. The second-order valence-corrected chi connectivity index (χ2v) is 15.6. The summed E-state index contributed by atoms with van der Waals surface area (Å²) >= 11 is 17.6. The predicted octanol–water partition coefficient (Wildman–Crippen LogP) is 8.36. The molecule has 54 heavy (non-hydrogen) atoms. The number of rotatable bonds is 5.